The van der Waals surface area contributed by atoms with Gasteiger partial charge in [-0.1, -0.05) is 129 Å². The number of hydrogen-bond donors (Lipinski definition) is 0. The highest BCUT2D eigenvalue weighted by Crippen LogP contribution is 2.37. The number of anilines is 3. The van der Waals surface area contributed by atoms with Gasteiger partial charge in [0.15, 0.2) is 0 Å². The van der Waals surface area contributed by atoms with Gasteiger partial charge in [-0.15, -0.1) is 0 Å². The second-order valence-electron chi connectivity index (χ2n) is 8.66. The van der Waals surface area contributed by atoms with E-state index in [1.165, 1.54) is 33.0 Å². The van der Waals surface area contributed by atoms with E-state index >= 15 is 0 Å². The molecule has 0 unspecified atom stereocenters. The second-order valence-corrected chi connectivity index (χ2v) is 8.66. The van der Waals surface area contributed by atoms with Gasteiger partial charge in [0.25, 0.3) is 0 Å². The Bertz CT molecular complexity index is 1550. The summed E-state index contributed by atoms with van der Waals surface area (Å²) < 4.78 is 0. The van der Waals surface area contributed by atoms with Crippen LogP contribution in [0.15, 0.2) is 152 Å². The van der Waals surface area contributed by atoms with Gasteiger partial charge in [0.2, 0.25) is 0 Å². The summed E-state index contributed by atoms with van der Waals surface area (Å²) >= 11 is 0. The van der Waals surface area contributed by atoms with Crippen molar-refractivity contribution in [3.63, 3.8) is 0 Å². The Morgan fingerprint density at radius 3 is 1.46 bits per heavy atom. The van der Waals surface area contributed by atoms with Crippen molar-refractivity contribution in [1.29, 1.82) is 0 Å². The van der Waals surface area contributed by atoms with Crippen LogP contribution >= 0.6 is 0 Å². The lowest BCUT2D eigenvalue weighted by molar-refractivity contribution is 1.28. The van der Waals surface area contributed by atoms with Crippen LogP contribution in [0.5, 0.6) is 0 Å². The Morgan fingerprint density at radius 1 is 0.351 bits per heavy atom. The highest BCUT2D eigenvalue weighted by Gasteiger charge is 2.13. The molecule has 0 amide bonds. The Morgan fingerprint density at radius 2 is 0.811 bits per heavy atom. The van der Waals surface area contributed by atoms with E-state index in [1.54, 1.807) is 0 Å². The summed E-state index contributed by atoms with van der Waals surface area (Å²) in [5.74, 6) is 0. The number of benzene rings is 6. The molecule has 0 spiro atoms. The molecule has 6 rings (SSSR count). The Kier molecular flexibility index (Phi) is 7.43. The zero-order valence-corrected chi connectivity index (χ0v) is 21.4. The summed E-state index contributed by atoms with van der Waals surface area (Å²) in [7, 11) is 0. The third-order valence-electron chi connectivity index (χ3n) is 6.47. The zero-order chi connectivity index (χ0) is 25.5. The van der Waals surface area contributed by atoms with Gasteiger partial charge < -0.3 is 4.90 Å². The summed E-state index contributed by atoms with van der Waals surface area (Å²) in [5.41, 5.74) is 8.32. The molecule has 0 fully saturated rings. The van der Waals surface area contributed by atoms with Crippen LogP contribution in [0.1, 0.15) is 13.8 Å². The molecule has 37 heavy (non-hydrogen) atoms. The summed E-state index contributed by atoms with van der Waals surface area (Å²) in [5, 5.41) is 2.54. The molecule has 6 aromatic carbocycles. The molecule has 0 bridgehead atoms. The van der Waals surface area contributed by atoms with Gasteiger partial charge in [-0.05, 0) is 69.4 Å². The van der Waals surface area contributed by atoms with E-state index in [0.29, 0.717) is 0 Å². The van der Waals surface area contributed by atoms with Crippen LogP contribution in [-0.2, 0) is 0 Å². The van der Waals surface area contributed by atoms with Gasteiger partial charge >= 0.3 is 0 Å². The molecule has 0 aliphatic rings. The molecule has 1 heteroatoms. The van der Waals surface area contributed by atoms with E-state index in [-0.39, 0.29) is 0 Å². The zero-order valence-electron chi connectivity index (χ0n) is 21.4. The van der Waals surface area contributed by atoms with Crippen molar-refractivity contribution < 1.29 is 0 Å². The van der Waals surface area contributed by atoms with Gasteiger partial charge in [-0.25, -0.2) is 0 Å². The lowest BCUT2D eigenvalue weighted by Gasteiger charge is -2.26. The fourth-order valence-corrected chi connectivity index (χ4v) is 4.73. The topological polar surface area (TPSA) is 3.24 Å². The first kappa shape index (κ1) is 24.1. The first-order chi connectivity index (χ1) is 18.4. The summed E-state index contributed by atoms with van der Waals surface area (Å²) in [4.78, 5) is 2.31. The van der Waals surface area contributed by atoms with Crippen LogP contribution in [0.2, 0.25) is 0 Å². The Hall–Kier alpha value is -4.62. The smallest absolute Gasteiger partial charge is 0.0462 e. The van der Waals surface area contributed by atoms with Crippen LogP contribution in [0.3, 0.4) is 0 Å². The second kappa shape index (κ2) is 11.4. The summed E-state index contributed by atoms with van der Waals surface area (Å²) in [6.07, 6.45) is 0. The van der Waals surface area contributed by atoms with E-state index in [9.17, 15) is 0 Å². The van der Waals surface area contributed by atoms with Crippen molar-refractivity contribution in [1.82, 2.24) is 0 Å². The third-order valence-corrected chi connectivity index (χ3v) is 6.47. The average Bonchev–Trinajstić information content (AvgIpc) is 3.00. The fourth-order valence-electron chi connectivity index (χ4n) is 4.73. The molecule has 0 aromatic heterocycles. The lowest BCUT2D eigenvalue weighted by Crippen LogP contribution is -2.09. The standard InChI is InChI=1S/C34H25N.C2H6/c1-3-10-26(11-4-1)27-18-22-31(23-19-27)35(30-14-5-2-6-15-30)32-24-20-29(21-25-32)34-17-9-13-28-12-7-8-16-33(28)34;1-2/h1-25H;1-2H3. The van der Waals surface area contributed by atoms with Gasteiger partial charge in [0.1, 0.15) is 0 Å². The van der Waals surface area contributed by atoms with E-state index in [0.717, 1.165) is 17.1 Å². The maximum Gasteiger partial charge on any atom is 0.0462 e. The molecule has 0 radical (unpaired) electrons. The highest BCUT2D eigenvalue weighted by molar-refractivity contribution is 5.97. The molecule has 0 heterocycles. The average molecular weight is 478 g/mol. The Labute approximate surface area is 220 Å². The quantitative estimate of drug-likeness (QED) is 0.239. The van der Waals surface area contributed by atoms with Crippen LogP contribution < -0.4 is 4.90 Å². The van der Waals surface area contributed by atoms with Gasteiger partial charge in [-0.2, -0.15) is 0 Å². The molecule has 0 aliphatic carbocycles. The van der Waals surface area contributed by atoms with E-state index in [1.807, 2.05) is 13.8 Å². The number of nitrogens with zero attached hydrogens (tertiary/aromatic N) is 1. The van der Waals surface area contributed by atoms with E-state index in [2.05, 4.69) is 157 Å². The summed E-state index contributed by atoms with van der Waals surface area (Å²) in [6.45, 7) is 4.00. The minimum atomic E-state index is 1.13. The van der Waals surface area contributed by atoms with Gasteiger partial charge in [-0.3, -0.25) is 0 Å². The molecule has 0 aliphatic heterocycles. The number of hydrogen-bond acceptors (Lipinski definition) is 1. The van der Waals surface area contributed by atoms with Crippen molar-refractivity contribution >= 4 is 27.8 Å². The van der Waals surface area contributed by atoms with Crippen molar-refractivity contribution in [2.24, 2.45) is 0 Å². The maximum atomic E-state index is 2.31. The predicted octanol–water partition coefficient (Wildman–Crippen LogP) is 10.7. The first-order valence-electron chi connectivity index (χ1n) is 13.0. The fraction of sp³-hybridized carbons (Fsp3) is 0.0556. The van der Waals surface area contributed by atoms with Crippen molar-refractivity contribution in [2.45, 2.75) is 13.8 Å². The summed E-state index contributed by atoms with van der Waals surface area (Å²) in [6, 6.07) is 53.8. The molecule has 0 saturated carbocycles. The van der Waals surface area contributed by atoms with Crippen LogP contribution in [-0.4, -0.2) is 0 Å². The Balaban J connectivity index is 0.00000137. The third kappa shape index (κ3) is 5.17. The number of rotatable bonds is 5. The minimum absolute atomic E-state index is 1.13. The number of para-hydroxylation sites is 1. The lowest BCUT2D eigenvalue weighted by atomic mass is 9.98. The molecule has 0 N–H and O–H groups in total. The number of fused-ring (bicyclic) bond motifs is 1. The molecule has 180 valence electrons. The van der Waals surface area contributed by atoms with Crippen LogP contribution in [0.4, 0.5) is 17.1 Å². The van der Waals surface area contributed by atoms with E-state index in [4.69, 9.17) is 0 Å². The predicted molar refractivity (Wildman–Crippen MR) is 161 cm³/mol. The maximum absolute atomic E-state index is 2.31. The first-order valence-corrected chi connectivity index (χ1v) is 13.0. The molecule has 0 atom stereocenters. The minimum Gasteiger partial charge on any atom is -0.311 e. The SMILES string of the molecule is CC.c1ccc(-c2ccc(N(c3ccccc3)c3ccc(-c4cccc5ccccc45)cc3)cc2)cc1. The molecular formula is C36H31N. The van der Waals surface area contributed by atoms with E-state index < -0.39 is 0 Å². The van der Waals surface area contributed by atoms with Crippen LogP contribution in [0, 0.1) is 0 Å². The molecule has 6 aromatic rings. The van der Waals surface area contributed by atoms with Crippen LogP contribution in [0.25, 0.3) is 33.0 Å². The van der Waals surface area contributed by atoms with Gasteiger partial charge in [0.05, 0.1) is 0 Å². The van der Waals surface area contributed by atoms with Crippen molar-refractivity contribution in [3.8, 4) is 22.3 Å². The highest BCUT2D eigenvalue weighted by atomic mass is 15.1. The molecule has 0 saturated heterocycles. The van der Waals surface area contributed by atoms with Crippen molar-refractivity contribution in [3.05, 3.63) is 152 Å². The molecular weight excluding hydrogens is 446 g/mol. The van der Waals surface area contributed by atoms with Crippen molar-refractivity contribution in [2.75, 3.05) is 4.90 Å². The van der Waals surface area contributed by atoms with Gasteiger partial charge in [0, 0.05) is 17.1 Å². The molecule has 1 nitrogen and oxygen atoms in total. The largest absolute Gasteiger partial charge is 0.311 e. The monoisotopic (exact) mass is 477 g/mol. The normalized spacial score (nSPS) is 10.4.